The van der Waals surface area contributed by atoms with E-state index in [4.69, 9.17) is 18.9 Å². The summed E-state index contributed by atoms with van der Waals surface area (Å²) in [5, 5.41) is 2.79. The molecule has 2 aromatic carbocycles. The molecule has 12 heteroatoms. The number of hydrogen-bond acceptors (Lipinski definition) is 10. The maximum absolute atomic E-state index is 13.4. The van der Waals surface area contributed by atoms with Gasteiger partial charge in [0.15, 0.2) is 11.5 Å². The van der Waals surface area contributed by atoms with Crippen LogP contribution < -0.4 is 24.6 Å². The molecular formula is C36H40N6O6. The van der Waals surface area contributed by atoms with Crippen LogP contribution in [0.25, 0.3) is 11.1 Å². The van der Waals surface area contributed by atoms with E-state index in [2.05, 4.69) is 25.1 Å². The maximum Gasteiger partial charge on any atom is 0.298 e. The molecule has 7 rings (SSSR count). The zero-order valence-corrected chi connectivity index (χ0v) is 27.6. The SMILES string of the molecule is Cc1cc(-c2ccccc2)c(C(=O)C(=O)Nc2ccc3c(c2)OC[C@H]2CN(c4ncc(OC[C@@H]5CCOC(C)(C)O5)cn4)CCN32)n1C. The van der Waals surface area contributed by atoms with E-state index in [1.165, 1.54) is 0 Å². The topological polar surface area (TPSA) is 120 Å². The van der Waals surface area contributed by atoms with Crippen LogP contribution in [0, 0.1) is 6.92 Å². The fourth-order valence-electron chi connectivity index (χ4n) is 6.55. The molecule has 5 heterocycles. The predicted octanol–water partition coefficient (Wildman–Crippen LogP) is 4.62. The van der Waals surface area contributed by atoms with Crippen molar-refractivity contribution in [3.63, 3.8) is 0 Å². The summed E-state index contributed by atoms with van der Waals surface area (Å²) in [5.41, 5.74) is 4.30. The number of piperazine rings is 1. The highest BCUT2D eigenvalue weighted by Gasteiger charge is 2.35. The Bertz CT molecular complexity index is 1810. The Labute approximate surface area is 279 Å². The van der Waals surface area contributed by atoms with Crippen molar-refractivity contribution >= 4 is 29.0 Å². The average molecular weight is 653 g/mol. The van der Waals surface area contributed by atoms with Crippen LogP contribution in [0.5, 0.6) is 11.5 Å². The lowest BCUT2D eigenvalue weighted by molar-refractivity contribution is -0.276. The second-order valence-corrected chi connectivity index (χ2v) is 12.8. The fraction of sp³-hybridized carbons (Fsp3) is 0.389. The summed E-state index contributed by atoms with van der Waals surface area (Å²) in [6.45, 7) is 9.41. The Balaban J connectivity index is 0.968. The molecular weight excluding hydrogens is 612 g/mol. The highest BCUT2D eigenvalue weighted by Crippen LogP contribution is 2.38. The van der Waals surface area contributed by atoms with E-state index in [9.17, 15) is 9.59 Å². The van der Waals surface area contributed by atoms with Crippen molar-refractivity contribution in [2.75, 3.05) is 54.6 Å². The first kappa shape index (κ1) is 31.6. The maximum atomic E-state index is 13.4. The number of Topliss-reactive ketones (excluding diaryl/α,β-unsaturated/α-hetero) is 1. The van der Waals surface area contributed by atoms with Gasteiger partial charge in [0, 0.05) is 56.1 Å². The number of amides is 1. The van der Waals surface area contributed by atoms with E-state index < -0.39 is 17.5 Å². The molecule has 2 saturated heterocycles. The first-order chi connectivity index (χ1) is 23.1. The Morgan fingerprint density at radius 2 is 1.85 bits per heavy atom. The molecule has 48 heavy (non-hydrogen) atoms. The molecule has 0 aliphatic carbocycles. The van der Waals surface area contributed by atoms with E-state index in [0.717, 1.165) is 42.0 Å². The fourth-order valence-corrected chi connectivity index (χ4v) is 6.55. The molecule has 0 bridgehead atoms. The number of carbonyl (C=O) groups excluding carboxylic acids is 2. The molecule has 4 aromatic rings. The van der Waals surface area contributed by atoms with E-state index in [1.54, 1.807) is 30.1 Å². The molecule has 2 aromatic heterocycles. The van der Waals surface area contributed by atoms with Gasteiger partial charge in [-0.05, 0) is 44.5 Å². The molecule has 2 fully saturated rings. The zero-order chi connectivity index (χ0) is 33.4. The Kier molecular flexibility index (Phi) is 8.52. The van der Waals surface area contributed by atoms with Gasteiger partial charge < -0.3 is 38.6 Å². The van der Waals surface area contributed by atoms with Gasteiger partial charge in [-0.15, -0.1) is 0 Å². The highest BCUT2D eigenvalue weighted by molar-refractivity contribution is 6.47. The molecule has 1 N–H and O–H groups in total. The molecule has 3 aliphatic heterocycles. The molecule has 0 saturated carbocycles. The third kappa shape index (κ3) is 6.45. The number of rotatable bonds is 8. The van der Waals surface area contributed by atoms with Crippen molar-refractivity contribution in [3.05, 3.63) is 78.4 Å². The van der Waals surface area contributed by atoms with Gasteiger partial charge in [-0.1, -0.05) is 30.3 Å². The van der Waals surface area contributed by atoms with Gasteiger partial charge in [-0.25, -0.2) is 9.97 Å². The number of ketones is 1. The molecule has 250 valence electrons. The number of anilines is 3. The van der Waals surface area contributed by atoms with Gasteiger partial charge in [0.2, 0.25) is 5.95 Å². The predicted molar refractivity (Wildman–Crippen MR) is 181 cm³/mol. The lowest BCUT2D eigenvalue weighted by Gasteiger charge is -2.45. The molecule has 1 amide bonds. The van der Waals surface area contributed by atoms with Crippen molar-refractivity contribution in [2.24, 2.45) is 7.05 Å². The van der Waals surface area contributed by atoms with E-state index >= 15 is 0 Å². The van der Waals surface area contributed by atoms with Gasteiger partial charge in [-0.2, -0.15) is 0 Å². The summed E-state index contributed by atoms with van der Waals surface area (Å²) < 4.78 is 25.4. The first-order valence-corrected chi connectivity index (χ1v) is 16.3. The van der Waals surface area contributed by atoms with Crippen LogP contribution >= 0.6 is 0 Å². The van der Waals surface area contributed by atoms with Crippen molar-refractivity contribution in [1.82, 2.24) is 14.5 Å². The zero-order valence-electron chi connectivity index (χ0n) is 27.6. The summed E-state index contributed by atoms with van der Waals surface area (Å²) in [4.78, 5) is 40.3. The van der Waals surface area contributed by atoms with Crippen molar-refractivity contribution in [1.29, 1.82) is 0 Å². The minimum Gasteiger partial charge on any atom is -0.489 e. The number of carbonyl (C=O) groups is 2. The minimum atomic E-state index is -0.701. The second-order valence-electron chi connectivity index (χ2n) is 12.8. The lowest BCUT2D eigenvalue weighted by atomic mass is 10.0. The minimum absolute atomic E-state index is 0.0443. The van der Waals surface area contributed by atoms with Crippen LogP contribution in [0.2, 0.25) is 0 Å². The number of hydrogen-bond donors (Lipinski definition) is 1. The molecule has 3 aliphatic rings. The number of aromatic nitrogens is 3. The van der Waals surface area contributed by atoms with Crippen LogP contribution in [0.3, 0.4) is 0 Å². The number of aryl methyl sites for hydroxylation is 1. The molecule has 0 unspecified atom stereocenters. The standard InChI is InChI=1S/C36H40N6O6/c1-23-16-29(24-8-6-5-7-9-24)32(40(23)4)33(43)34(44)39-25-10-11-30-31(17-25)46-21-26-20-41(13-14-42(26)30)35-37-18-28(19-38-35)45-22-27-12-15-47-36(2,3)48-27/h5-11,16-19,26-27H,12-15,20-22H2,1-4H3,(H,39,44)/t26-,27+/m1/s1. The number of nitrogens with one attached hydrogen (secondary N) is 1. The van der Waals surface area contributed by atoms with E-state index in [1.807, 2.05) is 69.3 Å². The monoisotopic (exact) mass is 652 g/mol. The Morgan fingerprint density at radius 3 is 2.62 bits per heavy atom. The van der Waals surface area contributed by atoms with Crippen molar-refractivity contribution in [3.8, 4) is 22.6 Å². The van der Waals surface area contributed by atoms with Gasteiger partial charge in [0.1, 0.15) is 24.7 Å². The van der Waals surface area contributed by atoms with Crippen LogP contribution in [0.4, 0.5) is 17.3 Å². The summed E-state index contributed by atoms with van der Waals surface area (Å²) in [6.07, 6.45) is 4.14. The number of benzene rings is 2. The average Bonchev–Trinajstić information content (AvgIpc) is 3.40. The number of nitrogens with zero attached hydrogens (tertiary/aromatic N) is 5. The van der Waals surface area contributed by atoms with E-state index in [-0.39, 0.29) is 12.1 Å². The summed E-state index contributed by atoms with van der Waals surface area (Å²) in [7, 11) is 1.80. The molecule has 0 spiro atoms. The van der Waals surface area contributed by atoms with Gasteiger partial charge >= 0.3 is 0 Å². The second kappa shape index (κ2) is 12.9. The Morgan fingerprint density at radius 1 is 1.06 bits per heavy atom. The van der Waals surface area contributed by atoms with Crippen LogP contribution in [0.1, 0.15) is 36.5 Å². The largest absolute Gasteiger partial charge is 0.489 e. The molecule has 2 atom stereocenters. The van der Waals surface area contributed by atoms with Gasteiger partial charge in [-0.3, -0.25) is 9.59 Å². The lowest BCUT2D eigenvalue weighted by Crippen LogP contribution is -2.57. The molecule has 0 radical (unpaired) electrons. The van der Waals surface area contributed by atoms with Gasteiger partial charge in [0.05, 0.1) is 36.8 Å². The number of fused-ring (bicyclic) bond motifs is 3. The summed E-state index contributed by atoms with van der Waals surface area (Å²) in [6, 6.07) is 17.2. The quantitative estimate of drug-likeness (QED) is 0.213. The van der Waals surface area contributed by atoms with Crippen LogP contribution in [0.15, 0.2) is 67.0 Å². The summed E-state index contributed by atoms with van der Waals surface area (Å²) >= 11 is 0. The third-order valence-electron chi connectivity index (χ3n) is 9.09. The number of ether oxygens (including phenoxy) is 4. The Hall–Kier alpha value is -4.94. The summed E-state index contributed by atoms with van der Waals surface area (Å²) in [5.74, 6) is 0.000364. The van der Waals surface area contributed by atoms with Crippen molar-refractivity contribution in [2.45, 2.75) is 45.1 Å². The first-order valence-electron chi connectivity index (χ1n) is 16.3. The third-order valence-corrected chi connectivity index (χ3v) is 9.09. The smallest absolute Gasteiger partial charge is 0.298 e. The van der Waals surface area contributed by atoms with E-state index in [0.29, 0.717) is 55.2 Å². The normalized spacial score (nSPS) is 19.9. The van der Waals surface area contributed by atoms with Crippen LogP contribution in [-0.4, -0.2) is 83.6 Å². The highest BCUT2D eigenvalue weighted by atomic mass is 16.7. The van der Waals surface area contributed by atoms with Gasteiger partial charge in [0.25, 0.3) is 11.7 Å². The van der Waals surface area contributed by atoms with Crippen LogP contribution in [-0.2, 0) is 21.3 Å². The molecule has 12 nitrogen and oxygen atoms in total. The van der Waals surface area contributed by atoms with Crippen molar-refractivity contribution < 1.29 is 28.5 Å².